The number of nitrogens with one attached hydrogen (secondary N) is 1. The highest BCUT2D eigenvalue weighted by molar-refractivity contribution is 6.42. The third-order valence-electron chi connectivity index (χ3n) is 4.91. The van der Waals surface area contributed by atoms with Crippen LogP contribution in [0.3, 0.4) is 0 Å². The third-order valence-corrected chi connectivity index (χ3v) is 5.65. The van der Waals surface area contributed by atoms with E-state index in [4.69, 9.17) is 23.2 Å². The van der Waals surface area contributed by atoms with Crippen LogP contribution in [0.4, 0.5) is 0 Å². The molecule has 1 aromatic rings. The Balaban J connectivity index is 0.00000176. The molecule has 0 unspecified atom stereocenters. The van der Waals surface area contributed by atoms with Crippen LogP contribution in [-0.4, -0.2) is 42.3 Å². The highest BCUT2D eigenvalue weighted by atomic mass is 35.5. The number of amides is 1. The maximum absolute atomic E-state index is 12.3. The van der Waals surface area contributed by atoms with Crippen LogP contribution in [0.5, 0.6) is 0 Å². The summed E-state index contributed by atoms with van der Waals surface area (Å²) >= 11 is 11.9. The Morgan fingerprint density at radius 2 is 1.89 bits per heavy atom. The molecule has 6 heteroatoms. The van der Waals surface area contributed by atoms with Gasteiger partial charge in [0.05, 0.1) is 16.5 Å². The SMILES string of the molecule is C=C.C=CCN(C)C1(CNC(=O)Cc2ccc(Cl)c(Cl)c2)CCC(=O)CC1. The van der Waals surface area contributed by atoms with Crippen LogP contribution in [0.2, 0.25) is 10.0 Å². The molecular formula is C21H28Cl2N2O2. The van der Waals surface area contributed by atoms with Gasteiger partial charge in [0.15, 0.2) is 0 Å². The van der Waals surface area contributed by atoms with E-state index < -0.39 is 0 Å². The van der Waals surface area contributed by atoms with E-state index in [9.17, 15) is 9.59 Å². The number of rotatable bonds is 7. The first-order chi connectivity index (χ1) is 12.9. The minimum absolute atomic E-state index is 0.0679. The number of likely N-dealkylation sites (N-methyl/N-ethyl adjacent to an activating group) is 1. The number of hydrogen-bond donors (Lipinski definition) is 1. The molecule has 0 aromatic heterocycles. The summed E-state index contributed by atoms with van der Waals surface area (Å²) in [5.74, 6) is 0.228. The molecule has 1 aliphatic carbocycles. The zero-order valence-corrected chi connectivity index (χ0v) is 17.4. The van der Waals surface area contributed by atoms with Crippen molar-refractivity contribution in [2.45, 2.75) is 37.6 Å². The first-order valence-electron chi connectivity index (χ1n) is 8.91. The summed E-state index contributed by atoms with van der Waals surface area (Å²) in [6.07, 6.45) is 4.72. The van der Waals surface area contributed by atoms with Crippen LogP contribution < -0.4 is 5.32 Å². The molecule has 148 valence electrons. The molecule has 0 saturated heterocycles. The van der Waals surface area contributed by atoms with Crippen molar-refractivity contribution in [3.8, 4) is 0 Å². The molecule has 27 heavy (non-hydrogen) atoms. The zero-order chi connectivity index (χ0) is 20.4. The average molecular weight is 411 g/mol. The van der Waals surface area contributed by atoms with Crippen LogP contribution in [0.15, 0.2) is 44.0 Å². The molecule has 1 N–H and O–H groups in total. The van der Waals surface area contributed by atoms with E-state index in [1.807, 2.05) is 13.1 Å². The highest BCUT2D eigenvalue weighted by Gasteiger charge is 2.38. The number of carbonyl (C=O) groups excluding carboxylic acids is 2. The molecule has 0 bridgehead atoms. The third kappa shape index (κ3) is 6.80. The minimum atomic E-state index is -0.199. The van der Waals surface area contributed by atoms with E-state index in [0.29, 0.717) is 35.2 Å². The Kier molecular flexibility index (Phi) is 9.78. The van der Waals surface area contributed by atoms with Gasteiger partial charge in [-0.15, -0.1) is 19.7 Å². The summed E-state index contributed by atoms with van der Waals surface area (Å²) in [5.41, 5.74) is 0.620. The lowest BCUT2D eigenvalue weighted by atomic mass is 9.79. The van der Waals surface area contributed by atoms with E-state index in [-0.39, 0.29) is 17.9 Å². The fourth-order valence-corrected chi connectivity index (χ4v) is 3.56. The van der Waals surface area contributed by atoms with Gasteiger partial charge in [0, 0.05) is 31.5 Å². The van der Waals surface area contributed by atoms with E-state index >= 15 is 0 Å². The summed E-state index contributed by atoms with van der Waals surface area (Å²) in [5, 5.41) is 3.95. The summed E-state index contributed by atoms with van der Waals surface area (Å²) in [4.78, 5) is 26.2. The van der Waals surface area contributed by atoms with Crippen molar-refractivity contribution in [1.29, 1.82) is 0 Å². The molecule has 1 aromatic carbocycles. The fourth-order valence-electron chi connectivity index (χ4n) is 3.24. The topological polar surface area (TPSA) is 49.4 Å². The van der Waals surface area contributed by atoms with Crippen LogP contribution >= 0.6 is 23.2 Å². The van der Waals surface area contributed by atoms with Crippen molar-refractivity contribution in [2.75, 3.05) is 20.1 Å². The van der Waals surface area contributed by atoms with Gasteiger partial charge in [0.2, 0.25) is 5.91 Å². The largest absolute Gasteiger partial charge is 0.354 e. The molecule has 4 nitrogen and oxygen atoms in total. The molecule has 0 spiro atoms. The summed E-state index contributed by atoms with van der Waals surface area (Å²) in [6.45, 7) is 11.0. The number of halogens is 2. The van der Waals surface area contributed by atoms with E-state index in [2.05, 4.69) is 30.0 Å². The molecule has 1 saturated carbocycles. The van der Waals surface area contributed by atoms with Crippen molar-refractivity contribution in [3.05, 3.63) is 59.6 Å². The fraction of sp³-hybridized carbons (Fsp3) is 0.429. The monoisotopic (exact) mass is 410 g/mol. The van der Waals surface area contributed by atoms with Crippen molar-refractivity contribution in [3.63, 3.8) is 0 Å². The Morgan fingerprint density at radius 1 is 1.26 bits per heavy atom. The van der Waals surface area contributed by atoms with E-state index in [0.717, 1.165) is 24.9 Å². The summed E-state index contributed by atoms with van der Waals surface area (Å²) in [6, 6.07) is 5.20. The number of carbonyl (C=O) groups is 2. The summed E-state index contributed by atoms with van der Waals surface area (Å²) < 4.78 is 0. The van der Waals surface area contributed by atoms with E-state index in [1.54, 1.807) is 18.2 Å². The van der Waals surface area contributed by atoms with Gasteiger partial charge in [-0.05, 0) is 37.6 Å². The Labute approximate surface area is 172 Å². The molecule has 1 amide bonds. The van der Waals surface area contributed by atoms with Crippen molar-refractivity contribution in [2.24, 2.45) is 0 Å². The second-order valence-electron chi connectivity index (χ2n) is 6.63. The highest BCUT2D eigenvalue weighted by Crippen LogP contribution is 2.31. The molecule has 0 aliphatic heterocycles. The minimum Gasteiger partial charge on any atom is -0.354 e. The maximum atomic E-state index is 12.3. The van der Waals surface area contributed by atoms with Gasteiger partial charge in [0.1, 0.15) is 5.78 Å². The quantitative estimate of drug-likeness (QED) is 0.675. The van der Waals surface area contributed by atoms with Gasteiger partial charge in [-0.2, -0.15) is 0 Å². The van der Waals surface area contributed by atoms with Crippen molar-refractivity contribution in [1.82, 2.24) is 10.2 Å². The van der Waals surface area contributed by atoms with Gasteiger partial charge in [-0.1, -0.05) is 35.3 Å². The number of ketones is 1. The Hall–Kier alpha value is -1.62. The average Bonchev–Trinajstić information content (AvgIpc) is 2.66. The van der Waals surface area contributed by atoms with Crippen LogP contribution in [-0.2, 0) is 16.0 Å². The van der Waals surface area contributed by atoms with Gasteiger partial charge >= 0.3 is 0 Å². The number of Topliss-reactive ketones (excluding diaryl/α,β-unsaturated/α-hetero) is 1. The Bertz CT molecular complexity index is 666. The molecule has 1 fully saturated rings. The number of nitrogens with zero attached hydrogens (tertiary/aromatic N) is 1. The lowest BCUT2D eigenvalue weighted by Crippen LogP contribution is -2.56. The maximum Gasteiger partial charge on any atom is 0.224 e. The summed E-state index contributed by atoms with van der Waals surface area (Å²) in [7, 11) is 2.02. The first-order valence-corrected chi connectivity index (χ1v) is 9.66. The Morgan fingerprint density at radius 3 is 2.44 bits per heavy atom. The van der Waals surface area contributed by atoms with Crippen LogP contribution in [0, 0.1) is 0 Å². The van der Waals surface area contributed by atoms with Crippen LogP contribution in [0.1, 0.15) is 31.2 Å². The predicted octanol–water partition coefficient (Wildman–Crippen LogP) is 4.45. The second-order valence-corrected chi connectivity index (χ2v) is 7.45. The van der Waals surface area contributed by atoms with Gasteiger partial charge in [-0.3, -0.25) is 14.5 Å². The zero-order valence-electron chi connectivity index (χ0n) is 15.9. The number of hydrogen-bond acceptors (Lipinski definition) is 3. The van der Waals surface area contributed by atoms with Crippen molar-refractivity contribution >= 4 is 34.9 Å². The predicted molar refractivity (Wildman–Crippen MR) is 113 cm³/mol. The molecule has 2 rings (SSSR count). The smallest absolute Gasteiger partial charge is 0.224 e. The van der Waals surface area contributed by atoms with Gasteiger partial charge in [0.25, 0.3) is 0 Å². The molecule has 1 aliphatic rings. The van der Waals surface area contributed by atoms with Crippen LogP contribution in [0.25, 0.3) is 0 Å². The first kappa shape index (κ1) is 23.4. The number of benzene rings is 1. The molecule has 0 heterocycles. The van der Waals surface area contributed by atoms with Gasteiger partial charge < -0.3 is 5.32 Å². The lowest BCUT2D eigenvalue weighted by Gasteiger charge is -2.44. The molecule has 0 radical (unpaired) electrons. The molecular weight excluding hydrogens is 383 g/mol. The van der Waals surface area contributed by atoms with Crippen molar-refractivity contribution < 1.29 is 9.59 Å². The van der Waals surface area contributed by atoms with E-state index in [1.165, 1.54) is 0 Å². The van der Waals surface area contributed by atoms with Gasteiger partial charge in [-0.25, -0.2) is 0 Å². The molecule has 0 atom stereocenters. The normalized spacial score (nSPS) is 15.6. The second kappa shape index (κ2) is 11.3. The lowest BCUT2D eigenvalue weighted by molar-refractivity contribution is -0.123. The standard InChI is InChI=1S/C19H24Cl2N2O2.C2H4/c1-3-10-23(2)19(8-6-15(24)7-9-19)13-22-18(25)12-14-4-5-16(20)17(21)11-14;1-2/h3-5,11H,1,6-10,12-13H2,2H3,(H,22,25);1-2H2.